The van der Waals surface area contributed by atoms with Crippen molar-refractivity contribution in [3.63, 3.8) is 0 Å². The van der Waals surface area contributed by atoms with Crippen molar-refractivity contribution in [2.24, 2.45) is 0 Å². The fourth-order valence-electron chi connectivity index (χ4n) is 1.94. The molecule has 0 spiro atoms. The lowest BCUT2D eigenvalue weighted by atomic mass is 10.1. The van der Waals surface area contributed by atoms with Crippen molar-refractivity contribution >= 4 is 12.2 Å². The summed E-state index contributed by atoms with van der Waals surface area (Å²) in [7, 11) is 0. The number of H-pyrrole nitrogens is 1. The lowest BCUT2D eigenvalue weighted by Crippen LogP contribution is -2.06. The van der Waals surface area contributed by atoms with Gasteiger partial charge in [0.05, 0.1) is 11.4 Å². The fraction of sp³-hybridized carbons (Fsp3) is 0.500. The van der Waals surface area contributed by atoms with Crippen LogP contribution in [0.25, 0.3) is 11.4 Å². The van der Waals surface area contributed by atoms with Gasteiger partial charge in [0, 0.05) is 11.6 Å². The van der Waals surface area contributed by atoms with Gasteiger partial charge in [0.25, 0.3) is 0 Å². The van der Waals surface area contributed by atoms with Crippen LogP contribution < -0.4 is 0 Å². The summed E-state index contributed by atoms with van der Waals surface area (Å²) in [6, 6.07) is 2.26. The molecule has 0 unspecified atom stereocenters. The van der Waals surface area contributed by atoms with Gasteiger partial charge in [-0.15, -0.1) is 0 Å². The molecule has 0 aliphatic carbocycles. The van der Waals surface area contributed by atoms with Crippen molar-refractivity contribution in [3.05, 3.63) is 22.2 Å². The molecule has 0 fully saturated rings. The SMILES string of the molecule is CCc1nnc(C)cc1-c1n[nH]c(=S)n1C(C)C. The molecular weight excluding hydrogens is 246 g/mol. The third-order valence-electron chi connectivity index (χ3n) is 2.79. The van der Waals surface area contributed by atoms with E-state index in [1.54, 1.807) is 0 Å². The summed E-state index contributed by atoms with van der Waals surface area (Å²) in [6.45, 7) is 8.16. The molecular formula is C12H17N5S. The Morgan fingerprint density at radius 2 is 2.11 bits per heavy atom. The van der Waals surface area contributed by atoms with Gasteiger partial charge in [0.2, 0.25) is 0 Å². The molecule has 0 saturated carbocycles. The van der Waals surface area contributed by atoms with Gasteiger partial charge in [-0.1, -0.05) is 6.92 Å². The van der Waals surface area contributed by atoms with E-state index in [0.717, 1.165) is 29.2 Å². The molecule has 18 heavy (non-hydrogen) atoms. The van der Waals surface area contributed by atoms with Gasteiger partial charge in [-0.05, 0) is 45.5 Å². The molecule has 0 amide bonds. The van der Waals surface area contributed by atoms with Crippen LogP contribution in [0.1, 0.15) is 38.2 Å². The van der Waals surface area contributed by atoms with Crippen molar-refractivity contribution in [1.82, 2.24) is 25.0 Å². The zero-order valence-corrected chi connectivity index (χ0v) is 11.9. The zero-order valence-electron chi connectivity index (χ0n) is 11.1. The number of rotatable bonds is 3. The molecule has 6 heteroatoms. The van der Waals surface area contributed by atoms with Gasteiger partial charge in [-0.25, -0.2) is 0 Å². The summed E-state index contributed by atoms with van der Waals surface area (Å²) >= 11 is 5.27. The van der Waals surface area contributed by atoms with E-state index in [9.17, 15) is 0 Å². The van der Waals surface area contributed by atoms with Crippen LogP contribution in [0.4, 0.5) is 0 Å². The van der Waals surface area contributed by atoms with Gasteiger partial charge < -0.3 is 0 Å². The van der Waals surface area contributed by atoms with Gasteiger partial charge in [-0.2, -0.15) is 15.3 Å². The van der Waals surface area contributed by atoms with Crippen molar-refractivity contribution in [1.29, 1.82) is 0 Å². The number of nitrogens with zero attached hydrogens (tertiary/aromatic N) is 4. The minimum atomic E-state index is 0.254. The first-order valence-corrected chi connectivity index (χ1v) is 6.45. The topological polar surface area (TPSA) is 59.4 Å². The molecule has 0 radical (unpaired) electrons. The van der Waals surface area contributed by atoms with Crippen LogP contribution in [0.5, 0.6) is 0 Å². The fourth-order valence-corrected chi connectivity index (χ4v) is 2.29. The van der Waals surface area contributed by atoms with Crippen LogP contribution in [-0.2, 0) is 6.42 Å². The standard InChI is InChI=1S/C12H17N5S/c1-5-10-9(6-8(4)13-14-10)11-15-16-12(18)17(11)7(2)3/h6-7H,5H2,1-4H3,(H,16,18). The molecule has 0 bridgehead atoms. The van der Waals surface area contributed by atoms with Crippen molar-refractivity contribution < 1.29 is 0 Å². The Morgan fingerprint density at radius 3 is 2.72 bits per heavy atom. The highest BCUT2D eigenvalue weighted by Crippen LogP contribution is 2.24. The first-order chi connectivity index (χ1) is 8.54. The highest BCUT2D eigenvalue weighted by molar-refractivity contribution is 7.71. The maximum absolute atomic E-state index is 5.27. The Labute approximate surface area is 111 Å². The van der Waals surface area contributed by atoms with Crippen molar-refractivity contribution in [2.75, 3.05) is 0 Å². The molecule has 0 aromatic carbocycles. The van der Waals surface area contributed by atoms with Gasteiger partial charge in [0.15, 0.2) is 10.6 Å². The van der Waals surface area contributed by atoms with Crippen LogP contribution in [0.2, 0.25) is 0 Å². The Balaban J connectivity index is 2.69. The molecule has 2 aromatic heterocycles. The lowest BCUT2D eigenvalue weighted by Gasteiger charge is -2.12. The summed E-state index contributed by atoms with van der Waals surface area (Å²) in [5.41, 5.74) is 2.83. The number of hydrogen-bond donors (Lipinski definition) is 1. The van der Waals surface area contributed by atoms with E-state index in [4.69, 9.17) is 12.2 Å². The smallest absolute Gasteiger partial charge is 0.195 e. The summed E-state index contributed by atoms with van der Waals surface area (Å²) in [6.07, 6.45) is 0.820. The second kappa shape index (κ2) is 4.97. The second-order valence-corrected chi connectivity index (χ2v) is 4.90. The predicted octanol–water partition coefficient (Wildman–Crippen LogP) is 2.85. The first kappa shape index (κ1) is 12.9. The predicted molar refractivity (Wildman–Crippen MR) is 72.9 cm³/mol. The highest BCUT2D eigenvalue weighted by atomic mass is 32.1. The van der Waals surface area contributed by atoms with Gasteiger partial charge >= 0.3 is 0 Å². The number of aromatic amines is 1. The van der Waals surface area contributed by atoms with Crippen LogP contribution in [0.15, 0.2) is 6.07 Å². The summed E-state index contributed by atoms with van der Waals surface area (Å²) in [5.74, 6) is 0.838. The van der Waals surface area contributed by atoms with E-state index in [1.165, 1.54) is 0 Å². The Morgan fingerprint density at radius 1 is 1.39 bits per heavy atom. The van der Waals surface area contributed by atoms with Crippen molar-refractivity contribution in [2.45, 2.75) is 40.2 Å². The van der Waals surface area contributed by atoms with E-state index >= 15 is 0 Å². The average molecular weight is 263 g/mol. The van der Waals surface area contributed by atoms with E-state index in [2.05, 4.69) is 41.2 Å². The summed E-state index contributed by atoms with van der Waals surface area (Å²) in [4.78, 5) is 0. The van der Waals surface area contributed by atoms with E-state index in [-0.39, 0.29) is 6.04 Å². The summed E-state index contributed by atoms with van der Waals surface area (Å²) in [5, 5.41) is 15.5. The third kappa shape index (κ3) is 2.20. The maximum Gasteiger partial charge on any atom is 0.195 e. The quantitative estimate of drug-likeness (QED) is 0.865. The molecule has 2 rings (SSSR count). The molecule has 0 atom stereocenters. The molecule has 0 saturated heterocycles. The molecule has 0 aliphatic heterocycles. The Hall–Kier alpha value is -1.56. The van der Waals surface area contributed by atoms with Crippen molar-refractivity contribution in [3.8, 4) is 11.4 Å². The number of aromatic nitrogens is 5. The van der Waals surface area contributed by atoms with Crippen LogP contribution in [-0.4, -0.2) is 25.0 Å². The molecule has 0 aliphatic rings. The number of nitrogens with one attached hydrogen (secondary N) is 1. The first-order valence-electron chi connectivity index (χ1n) is 6.05. The maximum atomic E-state index is 5.27. The molecule has 2 heterocycles. The van der Waals surface area contributed by atoms with Gasteiger partial charge in [-0.3, -0.25) is 9.67 Å². The molecule has 2 aromatic rings. The largest absolute Gasteiger partial charge is 0.298 e. The minimum absolute atomic E-state index is 0.254. The van der Waals surface area contributed by atoms with E-state index < -0.39 is 0 Å². The van der Waals surface area contributed by atoms with E-state index in [0.29, 0.717) is 4.77 Å². The van der Waals surface area contributed by atoms with Crippen LogP contribution in [0.3, 0.4) is 0 Å². The van der Waals surface area contributed by atoms with Gasteiger partial charge in [0.1, 0.15) is 0 Å². The highest BCUT2D eigenvalue weighted by Gasteiger charge is 2.15. The molecule has 1 N–H and O–H groups in total. The van der Waals surface area contributed by atoms with E-state index in [1.807, 2.05) is 17.6 Å². The van der Waals surface area contributed by atoms with Crippen LogP contribution in [0, 0.1) is 11.7 Å². The van der Waals surface area contributed by atoms with Crippen LogP contribution >= 0.6 is 12.2 Å². The zero-order chi connectivity index (χ0) is 13.3. The normalized spacial score (nSPS) is 11.2. The Bertz CT molecular complexity index is 611. The number of hydrogen-bond acceptors (Lipinski definition) is 4. The molecule has 96 valence electrons. The third-order valence-corrected chi connectivity index (χ3v) is 3.08. The number of aryl methyl sites for hydroxylation is 2. The Kier molecular flexibility index (Phi) is 3.56. The molecule has 5 nitrogen and oxygen atoms in total. The average Bonchev–Trinajstić information content (AvgIpc) is 2.71. The lowest BCUT2D eigenvalue weighted by molar-refractivity contribution is 0.596. The monoisotopic (exact) mass is 263 g/mol. The minimum Gasteiger partial charge on any atom is -0.298 e. The summed E-state index contributed by atoms with van der Waals surface area (Å²) < 4.78 is 2.64. The second-order valence-electron chi connectivity index (χ2n) is 4.52.